The molecule has 0 aliphatic carbocycles. The van der Waals surface area contributed by atoms with Crippen LogP contribution in [-0.4, -0.2) is 40.9 Å². The molecular weight excluding hydrogens is 544 g/mol. The molecule has 9 nitrogen and oxygen atoms in total. The van der Waals surface area contributed by atoms with Crippen molar-refractivity contribution in [2.75, 3.05) is 16.4 Å². The Bertz CT molecular complexity index is 1350. The fourth-order valence-corrected chi connectivity index (χ4v) is 5.28. The van der Waals surface area contributed by atoms with E-state index in [9.17, 15) is 19.5 Å². The number of rotatable bonds is 10. The van der Waals surface area contributed by atoms with Crippen molar-refractivity contribution in [2.24, 2.45) is 0 Å². The average Bonchev–Trinajstić information content (AvgIpc) is 2.96. The average molecular weight is 579 g/mol. The molecule has 1 heterocycles. The maximum Gasteiger partial charge on any atom is 0.303 e. The zero-order chi connectivity index (χ0) is 29.4. The first-order valence-corrected chi connectivity index (χ1v) is 14.3. The lowest BCUT2D eigenvalue weighted by Gasteiger charge is -2.36. The smallest absolute Gasteiger partial charge is 0.303 e. The third-order valence-corrected chi connectivity index (χ3v) is 7.51. The number of nitrogens with one attached hydrogen (secondary N) is 2. The highest BCUT2D eigenvalue weighted by molar-refractivity contribution is 7.99. The molecule has 1 fully saturated rings. The number of hydrogen-bond acceptors (Lipinski definition) is 8. The van der Waals surface area contributed by atoms with Gasteiger partial charge in [0.15, 0.2) is 12.4 Å². The summed E-state index contributed by atoms with van der Waals surface area (Å²) in [5.74, 6) is -0.423. The number of ether oxygens (including phenoxy) is 3. The summed E-state index contributed by atoms with van der Waals surface area (Å²) in [6.07, 6.45) is -1.41. The monoisotopic (exact) mass is 578 g/mol. The largest absolute Gasteiger partial charge is 0.453 e. The van der Waals surface area contributed by atoms with Crippen molar-refractivity contribution < 1.29 is 33.7 Å². The maximum atomic E-state index is 12.5. The summed E-state index contributed by atoms with van der Waals surface area (Å²) < 4.78 is 17.8. The standard InChI is InChI=1S/C31H34N2O7S/c1-19(38-21(3)36)30(37)33-26-6-4-5-24(15-26)31-39-27(16-29(40-31)23-9-7-22(17-34)8-10-23)18-41-28-13-11-25(12-14-28)32-20(2)35/h4-15,19,27,29,31,34H,16-18H2,1-3H3,(H,32,35)(H,33,37)/t19-,27-,29+,31+/m0/s1. The van der Waals surface area contributed by atoms with E-state index < -0.39 is 24.3 Å². The summed E-state index contributed by atoms with van der Waals surface area (Å²) in [4.78, 5) is 36.0. The lowest BCUT2D eigenvalue weighted by molar-refractivity contribution is -0.245. The van der Waals surface area contributed by atoms with Gasteiger partial charge in [0.2, 0.25) is 5.91 Å². The maximum absolute atomic E-state index is 12.5. The molecule has 4 rings (SSSR count). The minimum Gasteiger partial charge on any atom is -0.453 e. The van der Waals surface area contributed by atoms with E-state index in [1.54, 1.807) is 30.0 Å². The lowest BCUT2D eigenvalue weighted by Crippen LogP contribution is -2.31. The molecule has 0 aromatic heterocycles. The number of hydrogen-bond donors (Lipinski definition) is 3. The normalized spacial score (nSPS) is 19.2. The van der Waals surface area contributed by atoms with Crippen molar-refractivity contribution in [3.05, 3.63) is 89.5 Å². The Morgan fingerprint density at radius 1 is 0.951 bits per heavy atom. The minimum atomic E-state index is -0.932. The lowest BCUT2D eigenvalue weighted by atomic mass is 10.0. The second-order valence-electron chi connectivity index (χ2n) is 9.73. The molecule has 216 valence electrons. The Morgan fingerprint density at radius 3 is 2.34 bits per heavy atom. The van der Waals surface area contributed by atoms with Gasteiger partial charge in [0.25, 0.3) is 5.91 Å². The molecule has 10 heteroatoms. The number of anilines is 2. The number of amides is 2. The van der Waals surface area contributed by atoms with Crippen molar-refractivity contribution in [1.82, 2.24) is 0 Å². The molecule has 1 aliphatic heterocycles. The quantitative estimate of drug-likeness (QED) is 0.217. The molecule has 4 atom stereocenters. The Hall–Kier alpha value is -3.70. The van der Waals surface area contributed by atoms with Crippen LogP contribution >= 0.6 is 11.8 Å². The molecule has 0 radical (unpaired) electrons. The summed E-state index contributed by atoms with van der Waals surface area (Å²) in [5.41, 5.74) is 3.79. The minimum absolute atomic E-state index is 0.0356. The Balaban J connectivity index is 1.50. The van der Waals surface area contributed by atoms with E-state index in [1.807, 2.05) is 54.6 Å². The molecule has 0 saturated carbocycles. The van der Waals surface area contributed by atoms with E-state index in [0.717, 1.165) is 27.3 Å². The fourth-order valence-electron chi connectivity index (χ4n) is 4.36. The van der Waals surface area contributed by atoms with Crippen LogP contribution in [0.15, 0.2) is 77.7 Å². The van der Waals surface area contributed by atoms with E-state index in [4.69, 9.17) is 14.2 Å². The van der Waals surface area contributed by atoms with Gasteiger partial charge in [-0.2, -0.15) is 0 Å². The van der Waals surface area contributed by atoms with Crippen molar-refractivity contribution in [1.29, 1.82) is 0 Å². The highest BCUT2D eigenvalue weighted by Crippen LogP contribution is 2.40. The number of benzene rings is 3. The predicted octanol–water partition coefficient (Wildman–Crippen LogP) is 5.37. The van der Waals surface area contributed by atoms with Crippen LogP contribution < -0.4 is 10.6 Å². The molecule has 0 bridgehead atoms. The molecule has 2 amide bonds. The summed E-state index contributed by atoms with van der Waals surface area (Å²) in [6.45, 7) is 4.20. The molecule has 41 heavy (non-hydrogen) atoms. The number of aliphatic hydroxyl groups excluding tert-OH is 1. The highest BCUT2D eigenvalue weighted by atomic mass is 32.2. The van der Waals surface area contributed by atoms with Crippen molar-refractivity contribution in [3.8, 4) is 0 Å². The number of aliphatic hydroxyl groups is 1. The predicted molar refractivity (Wildman–Crippen MR) is 156 cm³/mol. The zero-order valence-corrected chi connectivity index (χ0v) is 24.0. The first kappa shape index (κ1) is 30.3. The van der Waals surface area contributed by atoms with E-state index in [1.165, 1.54) is 20.8 Å². The van der Waals surface area contributed by atoms with Gasteiger partial charge in [0.1, 0.15) is 0 Å². The van der Waals surface area contributed by atoms with E-state index in [-0.39, 0.29) is 24.7 Å². The van der Waals surface area contributed by atoms with Crippen LogP contribution in [0.5, 0.6) is 0 Å². The number of carbonyl (C=O) groups excluding carboxylic acids is 3. The first-order valence-electron chi connectivity index (χ1n) is 13.3. The number of carbonyl (C=O) groups is 3. The molecule has 3 aromatic carbocycles. The molecular formula is C31H34N2O7S. The molecule has 0 unspecified atom stereocenters. The van der Waals surface area contributed by atoms with Crippen LogP contribution in [-0.2, 0) is 35.2 Å². The molecule has 1 aliphatic rings. The van der Waals surface area contributed by atoms with Gasteiger partial charge in [0, 0.05) is 47.9 Å². The summed E-state index contributed by atoms with van der Waals surface area (Å²) >= 11 is 1.65. The highest BCUT2D eigenvalue weighted by Gasteiger charge is 2.32. The molecule has 0 spiro atoms. The van der Waals surface area contributed by atoms with Gasteiger partial charge in [-0.1, -0.05) is 36.4 Å². The Kier molecular flexibility index (Phi) is 10.5. The Morgan fingerprint density at radius 2 is 1.68 bits per heavy atom. The molecule has 1 saturated heterocycles. The van der Waals surface area contributed by atoms with Crippen molar-refractivity contribution >= 4 is 40.9 Å². The van der Waals surface area contributed by atoms with Gasteiger partial charge in [-0.25, -0.2) is 0 Å². The van der Waals surface area contributed by atoms with Crippen molar-refractivity contribution in [3.63, 3.8) is 0 Å². The Labute approximate surface area is 243 Å². The fraction of sp³-hybridized carbons (Fsp3) is 0.323. The van der Waals surface area contributed by atoms with E-state index in [2.05, 4.69) is 10.6 Å². The molecule has 3 aromatic rings. The zero-order valence-electron chi connectivity index (χ0n) is 23.2. The van der Waals surface area contributed by atoms with Crippen LogP contribution in [0.1, 0.15) is 56.3 Å². The molecule has 3 N–H and O–H groups in total. The third kappa shape index (κ3) is 8.89. The second-order valence-corrected chi connectivity index (χ2v) is 10.8. The van der Waals surface area contributed by atoms with Crippen LogP contribution in [0.4, 0.5) is 11.4 Å². The van der Waals surface area contributed by atoms with Crippen LogP contribution in [0.3, 0.4) is 0 Å². The SMILES string of the molecule is CC(=O)Nc1ccc(SC[C@@H]2C[C@H](c3ccc(CO)cc3)O[C@H](c3cccc(NC(=O)[C@H](C)OC(C)=O)c3)O2)cc1. The third-order valence-electron chi connectivity index (χ3n) is 6.36. The number of esters is 1. The van der Waals surface area contributed by atoms with Gasteiger partial charge < -0.3 is 30.0 Å². The first-order chi connectivity index (χ1) is 19.7. The summed E-state index contributed by atoms with van der Waals surface area (Å²) in [5, 5.41) is 15.0. The van der Waals surface area contributed by atoms with Crippen molar-refractivity contribution in [2.45, 2.75) is 63.3 Å². The van der Waals surface area contributed by atoms with E-state index in [0.29, 0.717) is 17.9 Å². The van der Waals surface area contributed by atoms with E-state index >= 15 is 0 Å². The van der Waals surface area contributed by atoms with Gasteiger partial charge in [-0.3, -0.25) is 14.4 Å². The van der Waals surface area contributed by atoms with Gasteiger partial charge in [0.05, 0.1) is 18.8 Å². The topological polar surface area (TPSA) is 123 Å². The van der Waals surface area contributed by atoms with Gasteiger partial charge >= 0.3 is 5.97 Å². The summed E-state index contributed by atoms with van der Waals surface area (Å²) in [6, 6.07) is 22.5. The van der Waals surface area contributed by atoms with Crippen LogP contribution in [0.25, 0.3) is 0 Å². The van der Waals surface area contributed by atoms with Gasteiger partial charge in [-0.05, 0) is 54.4 Å². The number of thioether (sulfide) groups is 1. The van der Waals surface area contributed by atoms with Gasteiger partial charge in [-0.15, -0.1) is 11.8 Å². The van der Waals surface area contributed by atoms with Crippen LogP contribution in [0.2, 0.25) is 0 Å². The van der Waals surface area contributed by atoms with Crippen LogP contribution in [0, 0.1) is 0 Å². The second kappa shape index (κ2) is 14.3. The summed E-state index contributed by atoms with van der Waals surface area (Å²) in [7, 11) is 0.